The summed E-state index contributed by atoms with van der Waals surface area (Å²) >= 11 is 0. The van der Waals surface area contributed by atoms with Crippen molar-refractivity contribution in [1.82, 2.24) is 4.90 Å². The molecule has 0 aromatic rings. The van der Waals surface area contributed by atoms with Crippen LogP contribution in [0.3, 0.4) is 0 Å². The van der Waals surface area contributed by atoms with E-state index < -0.39 is 5.97 Å². The lowest BCUT2D eigenvalue weighted by molar-refractivity contribution is -0.138. The van der Waals surface area contributed by atoms with E-state index in [1.165, 1.54) is 0 Å². The van der Waals surface area contributed by atoms with Crippen LogP contribution in [0.2, 0.25) is 0 Å². The highest BCUT2D eigenvalue weighted by Gasteiger charge is 2.17. The van der Waals surface area contributed by atoms with Gasteiger partial charge in [0, 0.05) is 12.6 Å². The van der Waals surface area contributed by atoms with E-state index in [0.29, 0.717) is 12.6 Å². The van der Waals surface area contributed by atoms with E-state index in [1.807, 2.05) is 4.90 Å². The fourth-order valence-corrected chi connectivity index (χ4v) is 1.77. The molecule has 0 fully saturated rings. The molecule has 0 amide bonds. The van der Waals surface area contributed by atoms with Gasteiger partial charge in [-0.2, -0.15) is 0 Å². The molecule has 0 radical (unpaired) electrons. The molecule has 1 atom stereocenters. The number of carboxylic acids is 1. The van der Waals surface area contributed by atoms with Gasteiger partial charge in [0.2, 0.25) is 0 Å². The summed E-state index contributed by atoms with van der Waals surface area (Å²) in [7, 11) is 0. The van der Waals surface area contributed by atoms with Crippen molar-refractivity contribution in [3.63, 3.8) is 0 Å². The van der Waals surface area contributed by atoms with Crippen LogP contribution in [0.5, 0.6) is 0 Å². The Kier molecular flexibility index (Phi) is 8.01. The SMILES string of the molecule is C=CCN(CC(=O)O)C(CC)CCCC. The van der Waals surface area contributed by atoms with Gasteiger partial charge in [-0.15, -0.1) is 6.58 Å². The molecule has 3 heteroatoms. The van der Waals surface area contributed by atoms with E-state index in [4.69, 9.17) is 5.11 Å². The van der Waals surface area contributed by atoms with Crippen LogP contribution in [0, 0.1) is 0 Å². The molecule has 0 aromatic heterocycles. The third kappa shape index (κ3) is 6.28. The number of unbranched alkanes of at least 4 members (excludes halogenated alkanes) is 1. The first-order chi connectivity index (χ1) is 7.15. The molecular weight excluding hydrogens is 190 g/mol. The second-order valence-electron chi connectivity index (χ2n) is 3.82. The molecule has 0 saturated carbocycles. The monoisotopic (exact) mass is 213 g/mol. The number of hydrogen-bond donors (Lipinski definition) is 1. The summed E-state index contributed by atoms with van der Waals surface area (Å²) in [4.78, 5) is 12.7. The second kappa shape index (κ2) is 8.48. The van der Waals surface area contributed by atoms with Gasteiger partial charge in [0.1, 0.15) is 0 Å². The quantitative estimate of drug-likeness (QED) is 0.598. The highest BCUT2D eigenvalue weighted by Crippen LogP contribution is 2.12. The Morgan fingerprint density at radius 2 is 2.20 bits per heavy atom. The van der Waals surface area contributed by atoms with Crippen molar-refractivity contribution >= 4 is 5.97 Å². The van der Waals surface area contributed by atoms with Gasteiger partial charge in [0.15, 0.2) is 0 Å². The molecular formula is C12H23NO2. The van der Waals surface area contributed by atoms with Gasteiger partial charge in [-0.1, -0.05) is 32.8 Å². The molecule has 0 aromatic carbocycles. The molecule has 1 N–H and O–H groups in total. The summed E-state index contributed by atoms with van der Waals surface area (Å²) in [5, 5.41) is 8.80. The van der Waals surface area contributed by atoms with Crippen LogP contribution in [0.15, 0.2) is 12.7 Å². The average molecular weight is 213 g/mol. The molecule has 0 aliphatic carbocycles. The first kappa shape index (κ1) is 14.2. The lowest BCUT2D eigenvalue weighted by Crippen LogP contribution is -2.38. The summed E-state index contributed by atoms with van der Waals surface area (Å²) in [6, 6.07) is 0.374. The topological polar surface area (TPSA) is 40.5 Å². The van der Waals surface area contributed by atoms with Crippen LogP contribution >= 0.6 is 0 Å². The Morgan fingerprint density at radius 3 is 2.60 bits per heavy atom. The number of nitrogens with zero attached hydrogens (tertiary/aromatic N) is 1. The van der Waals surface area contributed by atoms with E-state index >= 15 is 0 Å². The van der Waals surface area contributed by atoms with E-state index in [0.717, 1.165) is 25.7 Å². The lowest BCUT2D eigenvalue weighted by atomic mass is 10.1. The molecule has 0 aliphatic rings. The minimum absolute atomic E-state index is 0.119. The van der Waals surface area contributed by atoms with Crippen LogP contribution in [0.25, 0.3) is 0 Å². The molecule has 88 valence electrons. The highest BCUT2D eigenvalue weighted by atomic mass is 16.4. The van der Waals surface area contributed by atoms with Gasteiger partial charge in [-0.25, -0.2) is 0 Å². The Labute approximate surface area is 92.8 Å². The molecule has 1 unspecified atom stereocenters. The zero-order valence-electron chi connectivity index (χ0n) is 9.91. The predicted molar refractivity (Wildman–Crippen MR) is 63.0 cm³/mol. The van der Waals surface area contributed by atoms with Crippen molar-refractivity contribution in [3.8, 4) is 0 Å². The summed E-state index contributed by atoms with van der Waals surface area (Å²) in [5.41, 5.74) is 0. The standard InChI is InChI=1S/C12H23NO2/c1-4-7-8-11(6-3)13(9-5-2)10-12(14)15/h5,11H,2,4,6-10H2,1,3H3,(H,14,15). The number of aliphatic carboxylic acids is 1. The van der Waals surface area contributed by atoms with Crippen molar-refractivity contribution in [1.29, 1.82) is 0 Å². The van der Waals surface area contributed by atoms with Crippen LogP contribution in [0.1, 0.15) is 39.5 Å². The zero-order chi connectivity index (χ0) is 11.7. The summed E-state index contributed by atoms with van der Waals surface area (Å²) in [5.74, 6) is -0.758. The van der Waals surface area contributed by atoms with Crippen LogP contribution in [-0.4, -0.2) is 35.1 Å². The van der Waals surface area contributed by atoms with Crippen molar-refractivity contribution in [2.24, 2.45) is 0 Å². The highest BCUT2D eigenvalue weighted by molar-refractivity contribution is 5.69. The molecule has 15 heavy (non-hydrogen) atoms. The van der Waals surface area contributed by atoms with Crippen molar-refractivity contribution in [2.45, 2.75) is 45.6 Å². The van der Waals surface area contributed by atoms with E-state index in [-0.39, 0.29) is 6.54 Å². The van der Waals surface area contributed by atoms with Crippen LogP contribution < -0.4 is 0 Å². The Balaban J connectivity index is 4.24. The first-order valence-electron chi connectivity index (χ1n) is 5.72. The molecule has 0 heterocycles. The Hall–Kier alpha value is -0.830. The van der Waals surface area contributed by atoms with E-state index in [1.54, 1.807) is 6.08 Å². The number of hydrogen-bond acceptors (Lipinski definition) is 2. The number of carboxylic acid groups (broad SMARTS) is 1. The van der Waals surface area contributed by atoms with Gasteiger partial charge in [-0.3, -0.25) is 9.69 Å². The van der Waals surface area contributed by atoms with Crippen molar-refractivity contribution in [3.05, 3.63) is 12.7 Å². The first-order valence-corrected chi connectivity index (χ1v) is 5.72. The fourth-order valence-electron chi connectivity index (χ4n) is 1.77. The van der Waals surface area contributed by atoms with E-state index in [2.05, 4.69) is 20.4 Å². The Bertz CT molecular complexity index is 192. The van der Waals surface area contributed by atoms with Crippen LogP contribution in [-0.2, 0) is 4.79 Å². The largest absolute Gasteiger partial charge is 0.480 e. The summed E-state index contributed by atoms with van der Waals surface area (Å²) in [6.07, 6.45) is 6.17. The maximum atomic E-state index is 10.7. The minimum Gasteiger partial charge on any atom is -0.480 e. The molecule has 3 nitrogen and oxygen atoms in total. The third-order valence-electron chi connectivity index (χ3n) is 2.58. The summed E-state index contributed by atoms with van der Waals surface area (Å²) in [6.45, 7) is 8.71. The maximum absolute atomic E-state index is 10.7. The summed E-state index contributed by atoms with van der Waals surface area (Å²) < 4.78 is 0. The minimum atomic E-state index is -0.758. The molecule has 0 aliphatic heterocycles. The van der Waals surface area contributed by atoms with Crippen molar-refractivity contribution < 1.29 is 9.90 Å². The second-order valence-corrected chi connectivity index (χ2v) is 3.82. The van der Waals surface area contributed by atoms with Crippen LogP contribution in [0.4, 0.5) is 0 Å². The zero-order valence-corrected chi connectivity index (χ0v) is 9.91. The lowest BCUT2D eigenvalue weighted by Gasteiger charge is -2.28. The predicted octanol–water partition coefficient (Wildman–Crippen LogP) is 2.53. The Morgan fingerprint density at radius 1 is 1.53 bits per heavy atom. The van der Waals surface area contributed by atoms with Gasteiger partial charge in [-0.05, 0) is 12.8 Å². The fraction of sp³-hybridized carbons (Fsp3) is 0.750. The smallest absolute Gasteiger partial charge is 0.317 e. The van der Waals surface area contributed by atoms with Gasteiger partial charge >= 0.3 is 5.97 Å². The van der Waals surface area contributed by atoms with Gasteiger partial charge < -0.3 is 5.11 Å². The molecule has 0 spiro atoms. The average Bonchev–Trinajstić information content (AvgIpc) is 2.18. The van der Waals surface area contributed by atoms with E-state index in [9.17, 15) is 4.79 Å². The molecule has 0 bridgehead atoms. The normalized spacial score (nSPS) is 12.7. The van der Waals surface area contributed by atoms with Gasteiger partial charge in [0.25, 0.3) is 0 Å². The maximum Gasteiger partial charge on any atom is 0.317 e. The number of rotatable bonds is 9. The third-order valence-corrected chi connectivity index (χ3v) is 2.58. The molecule has 0 rings (SSSR count). The molecule has 0 saturated heterocycles. The van der Waals surface area contributed by atoms with Crippen molar-refractivity contribution in [2.75, 3.05) is 13.1 Å². The number of carbonyl (C=O) groups is 1. The van der Waals surface area contributed by atoms with Gasteiger partial charge in [0.05, 0.1) is 6.54 Å².